The number of hydrogen-bond donors (Lipinski definition) is 1. The molecule has 0 radical (unpaired) electrons. The summed E-state index contributed by atoms with van der Waals surface area (Å²) >= 11 is 3.21. The number of halogens is 1. The number of Topliss-reactive ketones (excluding diaryl/α,β-unsaturated/α-hetero) is 1. The molecule has 0 aliphatic heterocycles. The molecule has 1 N–H and O–H groups in total. The maximum Gasteiger partial charge on any atom is 0.335 e. The fraction of sp³-hybridized carbons (Fsp3) is 0.200. The molecular weight excluding hydrogens is 248 g/mol. The van der Waals surface area contributed by atoms with Crippen LogP contribution in [-0.4, -0.2) is 16.9 Å². The SMILES string of the molecule is CCC(=O)c1cc(C(=O)O)ccc1Br. The van der Waals surface area contributed by atoms with Gasteiger partial charge in [0.25, 0.3) is 0 Å². The Bertz CT molecular complexity index is 385. The molecule has 0 heterocycles. The maximum atomic E-state index is 11.4. The summed E-state index contributed by atoms with van der Waals surface area (Å²) in [5.74, 6) is -1.09. The van der Waals surface area contributed by atoms with Crippen LogP contribution >= 0.6 is 15.9 Å². The topological polar surface area (TPSA) is 54.4 Å². The Morgan fingerprint density at radius 2 is 2.07 bits per heavy atom. The average Bonchev–Trinajstić information content (AvgIpc) is 2.17. The summed E-state index contributed by atoms with van der Waals surface area (Å²) in [6.45, 7) is 1.74. The van der Waals surface area contributed by atoms with Crippen molar-refractivity contribution in [1.82, 2.24) is 0 Å². The van der Waals surface area contributed by atoms with Crippen molar-refractivity contribution in [3.05, 3.63) is 33.8 Å². The zero-order valence-corrected chi connectivity index (χ0v) is 9.17. The third-order valence-electron chi connectivity index (χ3n) is 1.83. The van der Waals surface area contributed by atoms with Crippen molar-refractivity contribution >= 4 is 27.7 Å². The minimum Gasteiger partial charge on any atom is -0.478 e. The molecule has 0 bridgehead atoms. The number of carboxylic acid groups (broad SMARTS) is 1. The van der Waals surface area contributed by atoms with E-state index >= 15 is 0 Å². The second kappa shape index (κ2) is 4.37. The summed E-state index contributed by atoms with van der Waals surface area (Å²) in [5, 5.41) is 8.73. The standard InChI is InChI=1S/C10H9BrO3/c1-2-9(12)7-5-6(10(13)14)3-4-8(7)11/h3-5H,2H2,1H3,(H,13,14). The van der Waals surface area contributed by atoms with E-state index in [-0.39, 0.29) is 11.3 Å². The zero-order chi connectivity index (χ0) is 10.7. The summed E-state index contributed by atoms with van der Waals surface area (Å²) in [6, 6.07) is 4.42. The molecule has 0 atom stereocenters. The van der Waals surface area contributed by atoms with Crippen molar-refractivity contribution in [2.75, 3.05) is 0 Å². The van der Waals surface area contributed by atoms with Crippen LogP contribution in [0, 0.1) is 0 Å². The van der Waals surface area contributed by atoms with Gasteiger partial charge in [-0.25, -0.2) is 4.79 Å². The van der Waals surface area contributed by atoms with Crippen LogP contribution in [-0.2, 0) is 0 Å². The van der Waals surface area contributed by atoms with Gasteiger partial charge in [-0.3, -0.25) is 4.79 Å². The number of rotatable bonds is 3. The van der Waals surface area contributed by atoms with Gasteiger partial charge in [0, 0.05) is 16.5 Å². The molecule has 0 amide bonds. The highest BCUT2D eigenvalue weighted by Crippen LogP contribution is 2.19. The van der Waals surface area contributed by atoms with Crippen molar-refractivity contribution in [2.45, 2.75) is 13.3 Å². The molecule has 14 heavy (non-hydrogen) atoms. The van der Waals surface area contributed by atoms with Crippen LogP contribution in [0.3, 0.4) is 0 Å². The first-order chi connectivity index (χ1) is 6.56. The summed E-state index contributed by atoms with van der Waals surface area (Å²) < 4.78 is 0.634. The zero-order valence-electron chi connectivity index (χ0n) is 7.58. The number of carboxylic acids is 1. The lowest BCUT2D eigenvalue weighted by atomic mass is 10.1. The van der Waals surface area contributed by atoms with Gasteiger partial charge in [-0.15, -0.1) is 0 Å². The third-order valence-corrected chi connectivity index (χ3v) is 2.53. The lowest BCUT2D eigenvalue weighted by Crippen LogP contribution is -2.02. The maximum absolute atomic E-state index is 11.4. The van der Waals surface area contributed by atoms with Crippen molar-refractivity contribution in [3.8, 4) is 0 Å². The minimum atomic E-state index is -1.03. The largest absolute Gasteiger partial charge is 0.478 e. The number of aromatic carboxylic acids is 1. The highest BCUT2D eigenvalue weighted by molar-refractivity contribution is 9.10. The van der Waals surface area contributed by atoms with E-state index in [4.69, 9.17) is 5.11 Å². The van der Waals surface area contributed by atoms with Crippen LogP contribution < -0.4 is 0 Å². The molecule has 74 valence electrons. The van der Waals surface area contributed by atoms with Crippen LogP contribution in [0.25, 0.3) is 0 Å². The molecule has 0 fully saturated rings. The number of hydrogen-bond acceptors (Lipinski definition) is 2. The molecule has 3 nitrogen and oxygen atoms in total. The van der Waals surface area contributed by atoms with E-state index in [1.165, 1.54) is 12.1 Å². The smallest absolute Gasteiger partial charge is 0.335 e. The fourth-order valence-corrected chi connectivity index (χ4v) is 1.53. The molecular formula is C10H9BrO3. The first-order valence-electron chi connectivity index (χ1n) is 4.12. The van der Waals surface area contributed by atoms with Gasteiger partial charge in [-0.1, -0.05) is 22.9 Å². The molecule has 0 unspecified atom stereocenters. The highest BCUT2D eigenvalue weighted by atomic mass is 79.9. The predicted molar refractivity (Wildman–Crippen MR) is 55.7 cm³/mol. The Labute approximate surface area is 89.9 Å². The normalized spacial score (nSPS) is 9.86. The number of carbonyl (C=O) groups is 2. The predicted octanol–water partition coefficient (Wildman–Crippen LogP) is 2.74. The summed E-state index contributed by atoms with van der Waals surface area (Å²) in [6.07, 6.45) is 0.363. The summed E-state index contributed by atoms with van der Waals surface area (Å²) in [7, 11) is 0. The van der Waals surface area contributed by atoms with Crippen molar-refractivity contribution in [2.24, 2.45) is 0 Å². The first kappa shape index (κ1) is 10.9. The van der Waals surface area contributed by atoms with Crippen LogP contribution in [0.1, 0.15) is 34.1 Å². The van der Waals surface area contributed by atoms with Gasteiger partial charge in [0.05, 0.1) is 5.56 Å². The molecule has 0 aliphatic carbocycles. The molecule has 0 saturated heterocycles. The minimum absolute atomic E-state index is 0.0695. The van der Waals surface area contributed by atoms with Gasteiger partial charge in [-0.05, 0) is 18.2 Å². The van der Waals surface area contributed by atoms with E-state index in [1.54, 1.807) is 13.0 Å². The first-order valence-corrected chi connectivity index (χ1v) is 4.91. The number of benzene rings is 1. The molecule has 4 heteroatoms. The number of carbonyl (C=O) groups excluding carboxylic acids is 1. The van der Waals surface area contributed by atoms with E-state index in [0.29, 0.717) is 16.5 Å². The Kier molecular flexibility index (Phi) is 3.41. The molecule has 0 saturated carbocycles. The molecule has 1 aromatic rings. The quantitative estimate of drug-likeness (QED) is 0.847. The van der Waals surface area contributed by atoms with Crippen LogP contribution in [0.2, 0.25) is 0 Å². The van der Waals surface area contributed by atoms with E-state index < -0.39 is 5.97 Å². The van der Waals surface area contributed by atoms with E-state index in [2.05, 4.69) is 15.9 Å². The molecule has 0 spiro atoms. The van der Waals surface area contributed by atoms with Gasteiger partial charge < -0.3 is 5.11 Å². The van der Waals surface area contributed by atoms with Gasteiger partial charge in [0.2, 0.25) is 0 Å². The molecule has 1 rings (SSSR count). The Morgan fingerprint density at radius 3 is 2.57 bits per heavy atom. The van der Waals surface area contributed by atoms with Crippen LogP contribution in [0.5, 0.6) is 0 Å². The molecule has 0 aliphatic rings. The highest BCUT2D eigenvalue weighted by Gasteiger charge is 2.11. The lowest BCUT2D eigenvalue weighted by molar-refractivity contribution is 0.0697. The fourth-order valence-electron chi connectivity index (χ4n) is 1.06. The monoisotopic (exact) mass is 256 g/mol. The van der Waals surface area contributed by atoms with E-state index in [0.717, 1.165) is 0 Å². The number of ketones is 1. The Hall–Kier alpha value is -1.16. The second-order valence-corrected chi connectivity index (χ2v) is 3.63. The Balaban J connectivity index is 3.21. The molecule has 1 aromatic carbocycles. The van der Waals surface area contributed by atoms with Crippen LogP contribution in [0.15, 0.2) is 22.7 Å². The van der Waals surface area contributed by atoms with Crippen molar-refractivity contribution < 1.29 is 14.7 Å². The third kappa shape index (κ3) is 2.20. The summed E-state index contributed by atoms with van der Waals surface area (Å²) in [5.41, 5.74) is 0.553. The van der Waals surface area contributed by atoms with Gasteiger partial charge in [-0.2, -0.15) is 0 Å². The van der Waals surface area contributed by atoms with Crippen molar-refractivity contribution in [3.63, 3.8) is 0 Å². The van der Waals surface area contributed by atoms with E-state index in [9.17, 15) is 9.59 Å². The average molecular weight is 257 g/mol. The van der Waals surface area contributed by atoms with Gasteiger partial charge >= 0.3 is 5.97 Å². The van der Waals surface area contributed by atoms with E-state index in [1.807, 2.05) is 0 Å². The van der Waals surface area contributed by atoms with Crippen molar-refractivity contribution in [1.29, 1.82) is 0 Å². The van der Waals surface area contributed by atoms with Gasteiger partial charge in [0.1, 0.15) is 0 Å². The Morgan fingerprint density at radius 1 is 1.43 bits per heavy atom. The van der Waals surface area contributed by atoms with Gasteiger partial charge in [0.15, 0.2) is 5.78 Å². The lowest BCUT2D eigenvalue weighted by Gasteiger charge is -2.02. The van der Waals surface area contributed by atoms with Crippen LogP contribution in [0.4, 0.5) is 0 Å². The second-order valence-electron chi connectivity index (χ2n) is 2.78. The summed E-state index contributed by atoms with van der Waals surface area (Å²) in [4.78, 5) is 22.0. The molecule has 0 aromatic heterocycles.